The number of aromatic nitrogens is 1. The zero-order valence-electron chi connectivity index (χ0n) is 7.87. The highest BCUT2D eigenvalue weighted by molar-refractivity contribution is 7.09. The van der Waals surface area contributed by atoms with Gasteiger partial charge in [-0.2, -0.15) is 0 Å². The molecular weight excluding hydrogens is 182 g/mol. The van der Waals surface area contributed by atoms with Crippen LogP contribution >= 0.6 is 11.3 Å². The van der Waals surface area contributed by atoms with Gasteiger partial charge in [0.05, 0.1) is 16.8 Å². The molecule has 0 radical (unpaired) electrons. The topological polar surface area (TPSA) is 33.1 Å². The summed E-state index contributed by atoms with van der Waals surface area (Å²) < 4.78 is 0. The molecule has 1 unspecified atom stereocenters. The third-order valence-corrected chi connectivity index (χ3v) is 2.49. The first-order valence-electron chi connectivity index (χ1n) is 4.23. The number of aliphatic hydroxyl groups is 1. The van der Waals surface area contributed by atoms with Gasteiger partial charge in [-0.3, -0.25) is 0 Å². The minimum absolute atomic E-state index is 0.453. The van der Waals surface area contributed by atoms with Gasteiger partial charge in [-0.25, -0.2) is 4.98 Å². The molecule has 0 aromatic carbocycles. The Morgan fingerprint density at radius 2 is 2.46 bits per heavy atom. The molecule has 0 fully saturated rings. The highest BCUT2D eigenvalue weighted by Gasteiger charge is 2.09. The Balaban J connectivity index is 2.47. The lowest BCUT2D eigenvalue weighted by atomic mass is 10.1. The van der Waals surface area contributed by atoms with E-state index in [1.807, 2.05) is 12.3 Å². The molecule has 70 valence electrons. The summed E-state index contributed by atoms with van der Waals surface area (Å²) in [4.78, 5) is 4.21. The smallest absolute Gasteiger partial charge is 0.0977 e. The van der Waals surface area contributed by atoms with Gasteiger partial charge in [0.25, 0.3) is 0 Å². The second-order valence-electron chi connectivity index (χ2n) is 2.77. The molecule has 2 nitrogen and oxygen atoms in total. The number of rotatable bonds is 3. The first-order valence-corrected chi connectivity index (χ1v) is 5.11. The highest BCUT2D eigenvalue weighted by Crippen LogP contribution is 2.19. The van der Waals surface area contributed by atoms with Crippen LogP contribution in [0.2, 0.25) is 0 Å². The Labute approximate surface area is 82.6 Å². The van der Waals surface area contributed by atoms with Crippen LogP contribution in [0.25, 0.3) is 0 Å². The largest absolute Gasteiger partial charge is 0.387 e. The summed E-state index contributed by atoms with van der Waals surface area (Å²) in [6.45, 7) is 3.74. The normalized spacial score (nSPS) is 11.9. The summed E-state index contributed by atoms with van der Waals surface area (Å²) in [6.07, 6.45) is 0.948. The van der Waals surface area contributed by atoms with Gasteiger partial charge in [0.15, 0.2) is 0 Å². The summed E-state index contributed by atoms with van der Waals surface area (Å²) >= 11 is 1.56. The third kappa shape index (κ3) is 3.17. The Kier molecular flexibility index (Phi) is 3.94. The van der Waals surface area contributed by atoms with Crippen molar-refractivity contribution in [1.82, 2.24) is 4.98 Å². The molecule has 3 heteroatoms. The fourth-order valence-electron chi connectivity index (χ4n) is 1.01. The molecule has 1 aromatic heterocycles. The van der Waals surface area contributed by atoms with Crippen molar-refractivity contribution in [2.75, 3.05) is 0 Å². The van der Waals surface area contributed by atoms with E-state index in [0.717, 1.165) is 17.1 Å². The first-order chi connectivity index (χ1) is 6.24. The molecule has 0 aliphatic carbocycles. The zero-order chi connectivity index (χ0) is 9.68. The van der Waals surface area contributed by atoms with Gasteiger partial charge in [0.1, 0.15) is 0 Å². The molecule has 1 atom stereocenters. The van der Waals surface area contributed by atoms with Crippen LogP contribution in [0.1, 0.15) is 36.6 Å². The van der Waals surface area contributed by atoms with Crippen molar-refractivity contribution in [3.63, 3.8) is 0 Å². The number of hydrogen-bond donors (Lipinski definition) is 1. The molecule has 1 heterocycles. The number of thiazole rings is 1. The number of hydrogen-bond acceptors (Lipinski definition) is 3. The monoisotopic (exact) mass is 195 g/mol. The molecule has 0 saturated carbocycles. The van der Waals surface area contributed by atoms with Gasteiger partial charge >= 0.3 is 0 Å². The van der Waals surface area contributed by atoms with Gasteiger partial charge < -0.3 is 5.11 Å². The molecule has 1 aromatic rings. The maximum atomic E-state index is 9.64. The van der Waals surface area contributed by atoms with Gasteiger partial charge in [-0.05, 0) is 20.3 Å². The van der Waals surface area contributed by atoms with Crippen LogP contribution in [0.3, 0.4) is 0 Å². The fraction of sp³-hybridized carbons (Fsp3) is 0.500. The second-order valence-corrected chi connectivity index (χ2v) is 3.83. The highest BCUT2D eigenvalue weighted by atomic mass is 32.1. The van der Waals surface area contributed by atoms with E-state index < -0.39 is 6.10 Å². The van der Waals surface area contributed by atoms with E-state index in [9.17, 15) is 5.11 Å². The molecular formula is C10H13NOS. The predicted octanol–water partition coefficient (Wildman–Crippen LogP) is 2.29. The van der Waals surface area contributed by atoms with Gasteiger partial charge in [-0.15, -0.1) is 23.2 Å². The second kappa shape index (κ2) is 5.00. The first kappa shape index (κ1) is 10.2. The molecule has 0 amide bonds. The average Bonchev–Trinajstić information content (AvgIpc) is 2.52. The van der Waals surface area contributed by atoms with Crippen molar-refractivity contribution in [1.29, 1.82) is 0 Å². The summed E-state index contributed by atoms with van der Waals surface area (Å²) in [5.41, 5.74) is 0.778. The SMILES string of the molecule is CC#CCCC(O)c1csc(C)n1. The molecule has 1 rings (SSSR count). The Hall–Kier alpha value is -0.850. The zero-order valence-corrected chi connectivity index (χ0v) is 8.69. The lowest BCUT2D eigenvalue weighted by molar-refractivity contribution is 0.165. The molecule has 0 bridgehead atoms. The van der Waals surface area contributed by atoms with Crippen LogP contribution in [-0.4, -0.2) is 10.1 Å². The predicted molar refractivity (Wildman–Crippen MR) is 54.5 cm³/mol. The van der Waals surface area contributed by atoms with E-state index in [0.29, 0.717) is 6.42 Å². The van der Waals surface area contributed by atoms with Gasteiger partial charge in [0.2, 0.25) is 0 Å². The van der Waals surface area contributed by atoms with Crippen molar-refractivity contribution in [2.45, 2.75) is 32.8 Å². The van der Waals surface area contributed by atoms with Crippen molar-refractivity contribution < 1.29 is 5.11 Å². The molecule has 0 aliphatic heterocycles. The van der Waals surface area contributed by atoms with Gasteiger partial charge in [-0.1, -0.05) is 0 Å². The van der Waals surface area contributed by atoms with Crippen molar-refractivity contribution in [2.24, 2.45) is 0 Å². The van der Waals surface area contributed by atoms with Crippen molar-refractivity contribution in [3.8, 4) is 11.8 Å². The van der Waals surface area contributed by atoms with Crippen LogP contribution in [0.15, 0.2) is 5.38 Å². The van der Waals surface area contributed by atoms with E-state index in [2.05, 4.69) is 16.8 Å². The van der Waals surface area contributed by atoms with Crippen LogP contribution in [0, 0.1) is 18.8 Å². The van der Waals surface area contributed by atoms with E-state index in [4.69, 9.17) is 0 Å². The summed E-state index contributed by atoms with van der Waals surface area (Å²) in [7, 11) is 0. The standard InChI is InChI=1S/C10H13NOS/c1-3-4-5-6-10(12)9-7-13-8(2)11-9/h7,10,12H,5-6H2,1-2H3. The summed E-state index contributed by atoms with van der Waals surface area (Å²) in [5, 5.41) is 12.5. The lowest BCUT2D eigenvalue weighted by Gasteiger charge is -2.03. The van der Waals surface area contributed by atoms with Gasteiger partial charge in [0, 0.05) is 11.8 Å². The number of aryl methyl sites for hydroxylation is 1. The average molecular weight is 195 g/mol. The van der Waals surface area contributed by atoms with Crippen molar-refractivity contribution >= 4 is 11.3 Å². The maximum Gasteiger partial charge on any atom is 0.0977 e. The fourth-order valence-corrected chi connectivity index (χ4v) is 1.67. The minimum Gasteiger partial charge on any atom is -0.387 e. The minimum atomic E-state index is -0.453. The van der Waals surface area contributed by atoms with E-state index in [1.54, 1.807) is 18.3 Å². The molecule has 0 aliphatic rings. The van der Waals surface area contributed by atoms with Crippen LogP contribution in [0.5, 0.6) is 0 Å². The molecule has 13 heavy (non-hydrogen) atoms. The van der Waals surface area contributed by atoms with Crippen LogP contribution in [-0.2, 0) is 0 Å². The number of aliphatic hydroxyl groups excluding tert-OH is 1. The molecule has 1 N–H and O–H groups in total. The number of nitrogens with zero attached hydrogens (tertiary/aromatic N) is 1. The van der Waals surface area contributed by atoms with E-state index in [-0.39, 0.29) is 0 Å². The Bertz CT molecular complexity index is 321. The van der Waals surface area contributed by atoms with Crippen LogP contribution in [0.4, 0.5) is 0 Å². The Morgan fingerprint density at radius 3 is 3.00 bits per heavy atom. The summed E-state index contributed by atoms with van der Waals surface area (Å²) in [6, 6.07) is 0. The maximum absolute atomic E-state index is 9.64. The van der Waals surface area contributed by atoms with Crippen LogP contribution < -0.4 is 0 Å². The third-order valence-electron chi connectivity index (χ3n) is 1.70. The Morgan fingerprint density at radius 1 is 1.69 bits per heavy atom. The molecule has 0 spiro atoms. The lowest BCUT2D eigenvalue weighted by Crippen LogP contribution is -1.96. The summed E-state index contributed by atoms with van der Waals surface area (Å²) in [5.74, 6) is 5.72. The molecule has 0 saturated heterocycles. The van der Waals surface area contributed by atoms with E-state index in [1.165, 1.54) is 0 Å². The van der Waals surface area contributed by atoms with E-state index >= 15 is 0 Å². The quantitative estimate of drug-likeness (QED) is 0.751. The van der Waals surface area contributed by atoms with Crippen molar-refractivity contribution in [3.05, 3.63) is 16.1 Å².